The summed E-state index contributed by atoms with van der Waals surface area (Å²) in [6.07, 6.45) is 1.24. The highest BCUT2D eigenvalue weighted by molar-refractivity contribution is 7.89. The summed E-state index contributed by atoms with van der Waals surface area (Å²) in [5.41, 5.74) is 2.11. The molecular formula is C16H24N2O4S. The van der Waals surface area contributed by atoms with Crippen LogP contribution in [0.3, 0.4) is 0 Å². The standard InChI is InChI=1S/C16H24N2O4S/c1-12(22-3)11-17-23(20,21)16-5-4-14-6-8-18(13(2)19)9-7-15(14)10-16/h4-5,10,12,17H,6-9,11H2,1-3H3/t12-/m1/s1. The quantitative estimate of drug-likeness (QED) is 0.866. The van der Waals surface area contributed by atoms with Crippen molar-refractivity contribution in [3.05, 3.63) is 29.3 Å². The molecule has 1 aliphatic rings. The van der Waals surface area contributed by atoms with Gasteiger partial charge in [-0.15, -0.1) is 0 Å². The fourth-order valence-corrected chi connectivity index (χ4v) is 3.74. The molecule has 1 aromatic rings. The van der Waals surface area contributed by atoms with E-state index in [0.29, 0.717) is 19.5 Å². The SMILES string of the molecule is CO[C@H](C)CNS(=O)(=O)c1ccc2c(c1)CCN(C(C)=O)CC2. The van der Waals surface area contributed by atoms with E-state index in [4.69, 9.17) is 4.74 Å². The fourth-order valence-electron chi connectivity index (χ4n) is 2.58. The number of nitrogens with zero attached hydrogens (tertiary/aromatic N) is 1. The molecule has 1 N–H and O–H groups in total. The van der Waals surface area contributed by atoms with E-state index >= 15 is 0 Å². The zero-order valence-corrected chi connectivity index (χ0v) is 14.6. The number of fused-ring (bicyclic) bond motifs is 1. The van der Waals surface area contributed by atoms with Gasteiger partial charge in [0.25, 0.3) is 0 Å². The van der Waals surface area contributed by atoms with Crippen molar-refractivity contribution in [3.63, 3.8) is 0 Å². The van der Waals surface area contributed by atoms with E-state index in [1.54, 1.807) is 38.0 Å². The molecule has 0 saturated carbocycles. The molecule has 128 valence electrons. The Morgan fingerprint density at radius 2 is 1.96 bits per heavy atom. The van der Waals surface area contributed by atoms with Crippen LogP contribution < -0.4 is 4.72 Å². The van der Waals surface area contributed by atoms with Crippen molar-refractivity contribution in [3.8, 4) is 0 Å². The Morgan fingerprint density at radius 3 is 2.57 bits per heavy atom. The Morgan fingerprint density at radius 1 is 1.30 bits per heavy atom. The summed E-state index contributed by atoms with van der Waals surface area (Å²) in [5, 5.41) is 0. The molecule has 23 heavy (non-hydrogen) atoms. The molecular weight excluding hydrogens is 316 g/mol. The number of amides is 1. The van der Waals surface area contributed by atoms with Gasteiger partial charge in [-0.1, -0.05) is 6.07 Å². The third-order valence-electron chi connectivity index (χ3n) is 4.20. The van der Waals surface area contributed by atoms with Gasteiger partial charge in [0.2, 0.25) is 15.9 Å². The molecule has 1 aromatic carbocycles. The maximum Gasteiger partial charge on any atom is 0.240 e. The van der Waals surface area contributed by atoms with Gasteiger partial charge in [-0.3, -0.25) is 4.79 Å². The summed E-state index contributed by atoms with van der Waals surface area (Å²) >= 11 is 0. The predicted molar refractivity (Wildman–Crippen MR) is 87.8 cm³/mol. The van der Waals surface area contributed by atoms with Crippen LogP contribution in [0.4, 0.5) is 0 Å². The van der Waals surface area contributed by atoms with Crippen LogP contribution in [0.25, 0.3) is 0 Å². The molecule has 0 aliphatic carbocycles. The fraction of sp³-hybridized carbons (Fsp3) is 0.562. The molecule has 7 heteroatoms. The molecule has 0 spiro atoms. The molecule has 1 amide bonds. The van der Waals surface area contributed by atoms with Crippen LogP contribution in [-0.4, -0.2) is 52.1 Å². The maximum atomic E-state index is 12.4. The highest BCUT2D eigenvalue weighted by Crippen LogP contribution is 2.20. The summed E-state index contributed by atoms with van der Waals surface area (Å²) in [6, 6.07) is 5.20. The van der Waals surface area contributed by atoms with Crippen molar-refractivity contribution < 1.29 is 17.9 Å². The van der Waals surface area contributed by atoms with E-state index in [1.807, 2.05) is 6.07 Å². The number of benzene rings is 1. The molecule has 0 fully saturated rings. The molecule has 0 bridgehead atoms. The summed E-state index contributed by atoms with van der Waals surface area (Å²) in [7, 11) is -2.01. The van der Waals surface area contributed by atoms with Crippen molar-refractivity contribution in [1.29, 1.82) is 0 Å². The summed E-state index contributed by atoms with van der Waals surface area (Å²) < 4.78 is 32.3. The van der Waals surface area contributed by atoms with Crippen LogP contribution in [0.15, 0.2) is 23.1 Å². The minimum Gasteiger partial charge on any atom is -0.380 e. The number of rotatable bonds is 5. The summed E-state index contributed by atoms with van der Waals surface area (Å²) in [5.74, 6) is 0.0564. The molecule has 1 atom stereocenters. The van der Waals surface area contributed by atoms with E-state index < -0.39 is 10.0 Å². The van der Waals surface area contributed by atoms with Gasteiger partial charge < -0.3 is 9.64 Å². The van der Waals surface area contributed by atoms with E-state index in [0.717, 1.165) is 17.5 Å². The molecule has 0 saturated heterocycles. The number of nitrogens with one attached hydrogen (secondary N) is 1. The van der Waals surface area contributed by atoms with Gasteiger partial charge in [0.05, 0.1) is 11.0 Å². The van der Waals surface area contributed by atoms with Crippen LogP contribution >= 0.6 is 0 Å². The van der Waals surface area contributed by atoms with E-state index in [1.165, 1.54) is 0 Å². The van der Waals surface area contributed by atoms with Gasteiger partial charge in [-0.05, 0) is 43.0 Å². The molecule has 0 radical (unpaired) electrons. The van der Waals surface area contributed by atoms with Crippen LogP contribution in [0.1, 0.15) is 25.0 Å². The maximum absolute atomic E-state index is 12.4. The van der Waals surface area contributed by atoms with Crippen molar-refractivity contribution >= 4 is 15.9 Å². The van der Waals surface area contributed by atoms with Crippen LogP contribution in [0.2, 0.25) is 0 Å². The van der Waals surface area contributed by atoms with Crippen LogP contribution in [0.5, 0.6) is 0 Å². The van der Waals surface area contributed by atoms with Gasteiger partial charge >= 0.3 is 0 Å². The van der Waals surface area contributed by atoms with E-state index in [2.05, 4.69) is 4.72 Å². The van der Waals surface area contributed by atoms with E-state index in [9.17, 15) is 13.2 Å². The topological polar surface area (TPSA) is 75.7 Å². The second-order valence-corrected chi connectivity index (χ2v) is 7.60. The lowest BCUT2D eigenvalue weighted by atomic mass is 10.0. The van der Waals surface area contributed by atoms with Crippen molar-refractivity contribution in [1.82, 2.24) is 9.62 Å². The van der Waals surface area contributed by atoms with Gasteiger partial charge in [0.15, 0.2) is 0 Å². The van der Waals surface area contributed by atoms with Gasteiger partial charge in [-0.25, -0.2) is 13.1 Å². The molecule has 1 aliphatic heterocycles. The minimum atomic E-state index is -3.55. The smallest absolute Gasteiger partial charge is 0.240 e. The summed E-state index contributed by atoms with van der Waals surface area (Å²) in [6.45, 7) is 4.90. The number of hydrogen-bond acceptors (Lipinski definition) is 4. The minimum absolute atomic E-state index is 0.0564. The zero-order valence-electron chi connectivity index (χ0n) is 13.8. The van der Waals surface area contributed by atoms with Gasteiger partial charge in [0, 0.05) is 33.7 Å². The van der Waals surface area contributed by atoms with Crippen LogP contribution in [0, 0.1) is 0 Å². The second-order valence-electron chi connectivity index (χ2n) is 5.83. The van der Waals surface area contributed by atoms with Crippen molar-refractivity contribution in [2.45, 2.75) is 37.7 Å². The normalized spacial score (nSPS) is 16.6. The lowest BCUT2D eigenvalue weighted by molar-refractivity contribution is -0.128. The Hall–Kier alpha value is -1.44. The zero-order chi connectivity index (χ0) is 17.0. The Balaban J connectivity index is 2.17. The van der Waals surface area contributed by atoms with Gasteiger partial charge in [-0.2, -0.15) is 0 Å². The molecule has 0 unspecified atom stereocenters. The monoisotopic (exact) mass is 340 g/mol. The highest BCUT2D eigenvalue weighted by Gasteiger charge is 2.20. The van der Waals surface area contributed by atoms with Gasteiger partial charge in [0.1, 0.15) is 0 Å². The molecule has 6 nitrogen and oxygen atoms in total. The number of sulfonamides is 1. The Labute approximate surface area is 137 Å². The van der Waals surface area contributed by atoms with Crippen molar-refractivity contribution in [2.75, 3.05) is 26.7 Å². The largest absolute Gasteiger partial charge is 0.380 e. The average Bonchev–Trinajstić information content (AvgIpc) is 2.74. The Bertz CT molecular complexity index is 673. The third kappa shape index (κ3) is 4.53. The Kier molecular flexibility index (Phi) is 5.78. The number of ether oxygens (including phenoxy) is 1. The lowest BCUT2D eigenvalue weighted by Crippen LogP contribution is -2.31. The first-order valence-corrected chi connectivity index (χ1v) is 9.21. The van der Waals surface area contributed by atoms with E-state index in [-0.39, 0.29) is 23.5 Å². The third-order valence-corrected chi connectivity index (χ3v) is 5.62. The molecule has 0 aromatic heterocycles. The number of carbonyl (C=O) groups is 1. The predicted octanol–water partition coefficient (Wildman–Crippen LogP) is 0.947. The average molecular weight is 340 g/mol. The lowest BCUT2D eigenvalue weighted by Gasteiger charge is -2.17. The number of hydrogen-bond donors (Lipinski definition) is 1. The highest BCUT2D eigenvalue weighted by atomic mass is 32.2. The number of methoxy groups -OCH3 is 1. The molecule has 2 rings (SSSR count). The first-order valence-electron chi connectivity index (χ1n) is 7.73. The first kappa shape index (κ1) is 17.9. The number of carbonyl (C=O) groups excluding carboxylic acids is 1. The van der Waals surface area contributed by atoms with Crippen molar-refractivity contribution in [2.24, 2.45) is 0 Å². The second kappa shape index (κ2) is 7.42. The summed E-state index contributed by atoms with van der Waals surface area (Å²) in [4.78, 5) is 13.6. The van der Waals surface area contributed by atoms with Crippen LogP contribution in [-0.2, 0) is 32.4 Å². The molecule has 1 heterocycles. The first-order chi connectivity index (χ1) is 10.8.